The van der Waals surface area contributed by atoms with Crippen LogP contribution < -0.4 is 14.5 Å². The number of benzene rings is 1. The lowest BCUT2D eigenvalue weighted by atomic mass is 10.1. The average molecular weight is 458 g/mol. The third-order valence-corrected chi connectivity index (χ3v) is 5.68. The summed E-state index contributed by atoms with van der Waals surface area (Å²) >= 11 is 0. The van der Waals surface area contributed by atoms with Gasteiger partial charge < -0.3 is 19.3 Å². The molecule has 0 radical (unpaired) electrons. The maximum absolute atomic E-state index is 14.7. The van der Waals surface area contributed by atoms with E-state index in [1.54, 1.807) is 11.0 Å². The van der Waals surface area contributed by atoms with E-state index in [-0.39, 0.29) is 35.8 Å². The molecule has 33 heavy (non-hydrogen) atoms. The van der Waals surface area contributed by atoms with Crippen LogP contribution in [0.15, 0.2) is 24.5 Å². The molecule has 2 amide bonds. The summed E-state index contributed by atoms with van der Waals surface area (Å²) in [6.45, 7) is 9.04. The van der Waals surface area contributed by atoms with Gasteiger partial charge in [-0.05, 0) is 39.8 Å². The van der Waals surface area contributed by atoms with Gasteiger partial charge in [0.1, 0.15) is 34.9 Å². The van der Waals surface area contributed by atoms with Gasteiger partial charge in [0.2, 0.25) is 0 Å². The molecule has 1 atom stereocenters. The van der Waals surface area contributed by atoms with Gasteiger partial charge in [0.15, 0.2) is 5.82 Å². The Morgan fingerprint density at radius 3 is 2.64 bits per heavy atom. The first kappa shape index (κ1) is 22.8. The molecule has 1 aromatic heterocycles. The van der Waals surface area contributed by atoms with Gasteiger partial charge in [-0.1, -0.05) is 6.07 Å². The van der Waals surface area contributed by atoms with Crippen LogP contribution in [0.1, 0.15) is 43.7 Å². The van der Waals surface area contributed by atoms with Gasteiger partial charge in [-0.25, -0.2) is 19.2 Å². The molecule has 3 heterocycles. The zero-order valence-electron chi connectivity index (χ0n) is 19.5. The van der Waals surface area contributed by atoms with E-state index >= 15 is 0 Å². The van der Waals surface area contributed by atoms with Crippen LogP contribution in [-0.4, -0.2) is 65.3 Å². The van der Waals surface area contributed by atoms with Crippen LogP contribution in [-0.2, 0) is 11.3 Å². The molecule has 2 aromatic rings. The number of amides is 2. The first-order valence-electron chi connectivity index (χ1n) is 10.8. The second-order valence-corrected chi connectivity index (χ2v) is 9.18. The van der Waals surface area contributed by atoms with E-state index in [0.29, 0.717) is 31.0 Å². The van der Waals surface area contributed by atoms with Crippen molar-refractivity contribution in [2.45, 2.75) is 45.9 Å². The number of methoxy groups -OCH3 is 1. The zero-order chi connectivity index (χ0) is 23.9. The molecular formula is C23H28FN5O4. The quantitative estimate of drug-likeness (QED) is 0.699. The smallest absolute Gasteiger partial charge is 0.410 e. The molecule has 1 fully saturated rings. The topological polar surface area (TPSA) is 88.1 Å². The summed E-state index contributed by atoms with van der Waals surface area (Å²) in [5.41, 5.74) is 0.386. The maximum Gasteiger partial charge on any atom is 0.410 e. The zero-order valence-corrected chi connectivity index (χ0v) is 19.5. The first-order valence-corrected chi connectivity index (χ1v) is 10.8. The molecule has 1 aromatic carbocycles. The monoisotopic (exact) mass is 457 g/mol. The number of aromatic nitrogens is 2. The van der Waals surface area contributed by atoms with E-state index in [4.69, 9.17) is 9.47 Å². The Morgan fingerprint density at radius 1 is 1.21 bits per heavy atom. The number of nitrogens with zero attached hydrogens (tertiary/aromatic N) is 5. The normalized spacial score (nSPS) is 18.4. The molecule has 0 aliphatic carbocycles. The fraction of sp³-hybridized carbons (Fsp3) is 0.478. The fourth-order valence-corrected chi connectivity index (χ4v) is 4.21. The lowest BCUT2D eigenvalue weighted by Crippen LogP contribution is -2.55. The highest BCUT2D eigenvalue weighted by atomic mass is 19.1. The predicted molar refractivity (Wildman–Crippen MR) is 120 cm³/mol. The number of ether oxygens (including phenoxy) is 2. The molecule has 0 spiro atoms. The minimum atomic E-state index is -0.567. The Morgan fingerprint density at radius 2 is 1.97 bits per heavy atom. The molecule has 0 N–H and O–H groups in total. The van der Waals surface area contributed by atoms with Gasteiger partial charge in [0.25, 0.3) is 5.91 Å². The Labute approximate surface area is 192 Å². The standard InChI is InChI=1S/C23H28FN5O4/c1-14-11-27(22(31)33-23(2,3)4)9-10-28(14)20-15-12-29(21(30)18(15)25-13-26-20)19-16(24)7-6-8-17(19)32-5/h6-8,13-14H,9-12H2,1-5H3/t14-/m0/s1. The fourth-order valence-electron chi connectivity index (χ4n) is 4.21. The van der Waals surface area contributed by atoms with Crippen LogP contribution in [0.2, 0.25) is 0 Å². The minimum Gasteiger partial charge on any atom is -0.494 e. The summed E-state index contributed by atoms with van der Waals surface area (Å²) in [6, 6.07) is 4.36. The molecular weight excluding hydrogens is 429 g/mol. The third kappa shape index (κ3) is 4.29. The highest BCUT2D eigenvalue weighted by molar-refractivity contribution is 6.10. The van der Waals surface area contributed by atoms with Crippen molar-refractivity contribution in [1.29, 1.82) is 0 Å². The lowest BCUT2D eigenvalue weighted by Gasteiger charge is -2.41. The Kier molecular flexibility index (Phi) is 5.85. The van der Waals surface area contributed by atoms with Gasteiger partial charge in [-0.2, -0.15) is 0 Å². The van der Waals surface area contributed by atoms with Gasteiger partial charge in [0.05, 0.1) is 13.7 Å². The van der Waals surface area contributed by atoms with Crippen LogP contribution in [0.25, 0.3) is 0 Å². The number of rotatable bonds is 3. The van der Waals surface area contributed by atoms with Crippen LogP contribution in [0.3, 0.4) is 0 Å². The molecule has 0 bridgehead atoms. The van der Waals surface area contributed by atoms with E-state index in [9.17, 15) is 14.0 Å². The molecule has 1 saturated heterocycles. The molecule has 0 saturated carbocycles. The van der Waals surface area contributed by atoms with E-state index in [2.05, 4.69) is 14.9 Å². The van der Waals surface area contributed by atoms with Crippen molar-refractivity contribution in [3.8, 4) is 5.75 Å². The molecule has 2 aliphatic heterocycles. The van der Waals surface area contributed by atoms with Crippen LogP contribution in [0.4, 0.5) is 20.7 Å². The largest absolute Gasteiger partial charge is 0.494 e. The average Bonchev–Trinajstić information content (AvgIpc) is 3.08. The number of carbonyl (C=O) groups excluding carboxylic acids is 2. The number of fused-ring (bicyclic) bond motifs is 1. The molecule has 9 nitrogen and oxygen atoms in total. The second-order valence-electron chi connectivity index (χ2n) is 9.18. The van der Waals surface area contributed by atoms with Crippen LogP contribution in [0.5, 0.6) is 5.75 Å². The first-order chi connectivity index (χ1) is 15.6. The van der Waals surface area contributed by atoms with Crippen molar-refractivity contribution in [2.24, 2.45) is 0 Å². The Balaban J connectivity index is 1.59. The van der Waals surface area contributed by atoms with Gasteiger partial charge in [-0.15, -0.1) is 0 Å². The number of piperazine rings is 1. The maximum atomic E-state index is 14.7. The predicted octanol–water partition coefficient (Wildman–Crippen LogP) is 3.23. The number of para-hydroxylation sites is 1. The van der Waals surface area contributed by atoms with Crippen LogP contribution >= 0.6 is 0 Å². The summed E-state index contributed by atoms with van der Waals surface area (Å²) in [7, 11) is 1.43. The number of carbonyl (C=O) groups is 2. The third-order valence-electron chi connectivity index (χ3n) is 5.68. The molecule has 0 unspecified atom stereocenters. The SMILES string of the molecule is COc1cccc(F)c1N1Cc2c(ncnc2N2CCN(C(=O)OC(C)(C)C)C[C@@H]2C)C1=O. The second kappa shape index (κ2) is 8.49. The van der Waals surface area contributed by atoms with Crippen molar-refractivity contribution >= 4 is 23.5 Å². The van der Waals surface area contributed by atoms with E-state index in [1.807, 2.05) is 27.7 Å². The summed E-state index contributed by atoms with van der Waals surface area (Å²) in [4.78, 5) is 39.3. The number of hydrogen-bond acceptors (Lipinski definition) is 7. The number of halogens is 1. The van der Waals surface area contributed by atoms with Gasteiger partial charge >= 0.3 is 6.09 Å². The van der Waals surface area contributed by atoms with Crippen molar-refractivity contribution in [3.63, 3.8) is 0 Å². The van der Waals surface area contributed by atoms with Crippen LogP contribution in [0, 0.1) is 5.82 Å². The molecule has 2 aliphatic rings. The van der Waals surface area contributed by atoms with Gasteiger partial charge in [0, 0.05) is 31.2 Å². The highest BCUT2D eigenvalue weighted by Gasteiger charge is 2.38. The van der Waals surface area contributed by atoms with Crippen molar-refractivity contribution < 1.29 is 23.5 Å². The summed E-state index contributed by atoms with van der Waals surface area (Å²) in [5, 5.41) is 0. The van der Waals surface area contributed by atoms with Crippen molar-refractivity contribution in [2.75, 3.05) is 36.5 Å². The summed E-state index contributed by atoms with van der Waals surface area (Å²) in [5.74, 6) is -0.0750. The van der Waals surface area contributed by atoms with E-state index in [1.165, 1.54) is 30.5 Å². The van der Waals surface area contributed by atoms with Crippen molar-refractivity contribution in [3.05, 3.63) is 41.6 Å². The van der Waals surface area contributed by atoms with E-state index in [0.717, 1.165) is 0 Å². The summed E-state index contributed by atoms with van der Waals surface area (Å²) < 4.78 is 25.5. The Bertz CT molecular complexity index is 1090. The number of anilines is 2. The lowest BCUT2D eigenvalue weighted by molar-refractivity contribution is 0.0218. The van der Waals surface area contributed by atoms with E-state index < -0.39 is 17.3 Å². The Hall–Kier alpha value is -3.43. The summed E-state index contributed by atoms with van der Waals surface area (Å²) in [6.07, 6.45) is 0.996. The molecule has 4 rings (SSSR count). The number of hydrogen-bond donors (Lipinski definition) is 0. The molecule has 176 valence electrons. The minimum absolute atomic E-state index is 0.0718. The molecule has 10 heteroatoms. The van der Waals surface area contributed by atoms with Crippen molar-refractivity contribution in [1.82, 2.24) is 14.9 Å². The van der Waals surface area contributed by atoms with Gasteiger partial charge in [-0.3, -0.25) is 9.69 Å². The highest BCUT2D eigenvalue weighted by Crippen LogP contribution is 2.38.